The third-order valence-electron chi connectivity index (χ3n) is 10.0. The van der Waals surface area contributed by atoms with Crippen LogP contribution in [0.1, 0.15) is 25.0 Å². The Morgan fingerprint density at radius 1 is 0.521 bits per heavy atom. The normalized spacial score (nSPS) is 15.8. The van der Waals surface area contributed by atoms with E-state index in [0.29, 0.717) is 22.5 Å². The number of imidazole rings is 2. The van der Waals surface area contributed by atoms with Gasteiger partial charge in [0.1, 0.15) is 11.0 Å². The molecule has 0 radical (unpaired) electrons. The zero-order valence-corrected chi connectivity index (χ0v) is 30.1. The molecule has 244 valence electrons. The Kier molecular flexibility index (Phi) is 7.22. The fourth-order valence-corrected chi connectivity index (χ4v) is 7.40. The van der Waals surface area contributed by atoms with Crippen LogP contribution in [-0.2, 0) is 26.5 Å². The summed E-state index contributed by atoms with van der Waals surface area (Å²) in [6.45, 7) is 4.09. The number of rotatable bonds is 2. The molecule has 2 aromatic heterocycles. The van der Waals surface area contributed by atoms with Crippen molar-refractivity contribution < 1.29 is 31.3 Å². The van der Waals surface area contributed by atoms with E-state index in [9.17, 15) is 10.2 Å². The van der Waals surface area contributed by atoms with Crippen LogP contribution in [0.3, 0.4) is 0 Å². The minimum Gasteiger partial charge on any atom is -0.502 e. The van der Waals surface area contributed by atoms with Gasteiger partial charge in [0.2, 0.25) is 0 Å². The molecule has 3 heterocycles. The Morgan fingerprint density at radius 2 is 0.896 bits per heavy atom. The summed E-state index contributed by atoms with van der Waals surface area (Å²) in [6, 6.07) is 36.4. The van der Waals surface area contributed by atoms with E-state index in [1.165, 1.54) is 0 Å². The first-order valence-corrected chi connectivity index (χ1v) is 15.8. The molecule has 0 atom stereocenters. The largest absolute Gasteiger partial charge is 0.502 e. The molecular formula is C39H38N6O2Pt+2. The molecular weight excluding hydrogens is 780 g/mol. The van der Waals surface area contributed by atoms with E-state index in [2.05, 4.69) is 45.5 Å². The standard InChI is InChI=1S/C39H36N6O2.Pt/c1-39(2)27-19-13-21-31(35(27)46)44(3,4)37-40-33-29(42(37)25-15-9-7-10-16-25)23-24-30-34(33)41-38(43(30)26-17-11-8-12-18-26)45(5,6)32-22-14-20-28(39)36(32)47;/h7-24H,1-6H3;/p+2. The number of hydrogen-bond donors (Lipinski definition) is 2. The van der Waals surface area contributed by atoms with E-state index in [1.54, 1.807) is 0 Å². The van der Waals surface area contributed by atoms with E-state index in [4.69, 9.17) is 9.97 Å². The smallest absolute Gasteiger partial charge is 0.319 e. The second-order valence-electron chi connectivity index (χ2n) is 13.8. The van der Waals surface area contributed by atoms with Crippen LogP contribution in [-0.4, -0.2) is 57.5 Å². The first kappa shape index (κ1) is 31.8. The predicted molar refractivity (Wildman–Crippen MR) is 191 cm³/mol. The molecule has 0 amide bonds. The predicted octanol–water partition coefficient (Wildman–Crippen LogP) is 8.21. The number of nitrogens with zero attached hydrogens (tertiary/aromatic N) is 6. The van der Waals surface area contributed by atoms with Crippen molar-refractivity contribution in [3.8, 4) is 22.9 Å². The Morgan fingerprint density at radius 3 is 1.27 bits per heavy atom. The van der Waals surface area contributed by atoms with Crippen molar-refractivity contribution in [2.75, 3.05) is 28.2 Å². The molecule has 8 rings (SSSR count). The molecule has 0 saturated carbocycles. The third-order valence-corrected chi connectivity index (χ3v) is 10.0. The molecule has 7 aromatic rings. The number of fused-ring (bicyclic) bond motifs is 6. The fraction of sp³-hybridized carbons (Fsp3) is 0.179. The van der Waals surface area contributed by atoms with Gasteiger partial charge < -0.3 is 10.2 Å². The first-order chi connectivity index (χ1) is 22.4. The molecule has 0 unspecified atom stereocenters. The van der Waals surface area contributed by atoms with E-state index < -0.39 is 5.41 Å². The molecule has 0 aliphatic carbocycles. The quantitative estimate of drug-likeness (QED) is 0.173. The summed E-state index contributed by atoms with van der Waals surface area (Å²) in [4.78, 5) is 10.8. The molecule has 9 heteroatoms. The van der Waals surface area contributed by atoms with Crippen LogP contribution in [0, 0.1) is 0 Å². The topological polar surface area (TPSA) is 76.1 Å². The molecule has 1 aliphatic heterocycles. The second kappa shape index (κ2) is 10.9. The summed E-state index contributed by atoms with van der Waals surface area (Å²) >= 11 is 0. The molecule has 0 fully saturated rings. The van der Waals surface area contributed by atoms with Crippen molar-refractivity contribution in [1.82, 2.24) is 28.1 Å². The van der Waals surface area contributed by atoms with Crippen LogP contribution in [0.4, 0.5) is 23.3 Å². The van der Waals surface area contributed by atoms with E-state index in [1.807, 2.05) is 115 Å². The SMILES string of the molecule is CC1(C)c2cccc(c2O)[N+](C)(C)c2nc3c4nc(n(-c5ccccc5)c4ccc3n2-c2ccccc2)[N+](C)(C)c2cccc1c2O.[Pt]. The van der Waals surface area contributed by atoms with Gasteiger partial charge in [-0.25, -0.2) is 18.1 Å². The maximum Gasteiger partial charge on any atom is 0.319 e. The monoisotopic (exact) mass is 817 g/mol. The summed E-state index contributed by atoms with van der Waals surface area (Å²) in [5.74, 6) is 1.80. The molecule has 8 bridgehead atoms. The number of phenolic OH excluding ortho intramolecular Hbond substituents is 2. The molecule has 0 spiro atoms. The minimum absolute atomic E-state index is 0. The van der Waals surface area contributed by atoms with E-state index >= 15 is 0 Å². The van der Waals surface area contributed by atoms with Crippen LogP contribution in [0.25, 0.3) is 33.4 Å². The summed E-state index contributed by atoms with van der Waals surface area (Å²) in [7, 11) is 8.20. The second-order valence-corrected chi connectivity index (χ2v) is 13.8. The van der Waals surface area contributed by atoms with Gasteiger partial charge in [-0.05, 0) is 36.4 Å². The average molecular weight is 818 g/mol. The number of para-hydroxylation sites is 4. The summed E-state index contributed by atoms with van der Waals surface area (Å²) < 4.78 is 4.65. The molecule has 2 N–H and O–H groups in total. The zero-order chi connectivity index (χ0) is 32.9. The van der Waals surface area contributed by atoms with Crippen molar-refractivity contribution in [2.24, 2.45) is 0 Å². The van der Waals surface area contributed by atoms with Gasteiger partial charge in [0.05, 0.1) is 50.6 Å². The number of aromatic nitrogens is 4. The summed E-state index contributed by atoms with van der Waals surface area (Å²) in [5.41, 5.74) is 7.31. The van der Waals surface area contributed by atoms with Gasteiger partial charge in [-0.3, -0.25) is 0 Å². The molecule has 8 nitrogen and oxygen atoms in total. The van der Waals surface area contributed by atoms with Gasteiger partial charge in [0, 0.05) is 49.7 Å². The Hall–Kier alpha value is -4.75. The molecule has 1 aliphatic rings. The van der Waals surface area contributed by atoms with Crippen molar-refractivity contribution in [1.29, 1.82) is 0 Å². The molecule has 48 heavy (non-hydrogen) atoms. The Labute approximate surface area is 294 Å². The van der Waals surface area contributed by atoms with Crippen LogP contribution in [0.5, 0.6) is 11.5 Å². The number of quaternary nitrogens is 2. The number of aromatic hydroxyl groups is 2. The van der Waals surface area contributed by atoms with Gasteiger partial charge in [-0.1, -0.05) is 74.5 Å². The van der Waals surface area contributed by atoms with Gasteiger partial charge in [-0.2, -0.15) is 9.97 Å². The van der Waals surface area contributed by atoms with Crippen molar-refractivity contribution in [2.45, 2.75) is 19.3 Å². The van der Waals surface area contributed by atoms with Crippen molar-refractivity contribution in [3.05, 3.63) is 120 Å². The third kappa shape index (κ3) is 4.33. The fourth-order valence-electron chi connectivity index (χ4n) is 7.40. The summed E-state index contributed by atoms with van der Waals surface area (Å²) in [5, 5.41) is 24.3. The Bertz CT molecular complexity index is 2190. The molecule has 0 saturated heterocycles. The Balaban J connectivity index is 0.00000364. The van der Waals surface area contributed by atoms with Crippen molar-refractivity contribution >= 4 is 45.3 Å². The minimum atomic E-state index is -0.758. The van der Waals surface area contributed by atoms with Crippen LogP contribution in [0.2, 0.25) is 0 Å². The number of phenols is 2. The number of hydrogen-bond acceptors (Lipinski definition) is 4. The zero-order valence-electron chi connectivity index (χ0n) is 27.8. The van der Waals surface area contributed by atoms with E-state index in [0.717, 1.165) is 45.3 Å². The first-order valence-electron chi connectivity index (χ1n) is 15.8. The maximum absolute atomic E-state index is 12.2. The van der Waals surface area contributed by atoms with Gasteiger partial charge in [0.15, 0.2) is 22.9 Å². The van der Waals surface area contributed by atoms with Crippen molar-refractivity contribution in [3.63, 3.8) is 0 Å². The number of benzene rings is 5. The van der Waals surface area contributed by atoms with Gasteiger partial charge in [0.25, 0.3) is 0 Å². The van der Waals surface area contributed by atoms with E-state index in [-0.39, 0.29) is 41.5 Å². The average Bonchev–Trinajstić information content (AvgIpc) is 3.65. The van der Waals surface area contributed by atoms with Crippen LogP contribution < -0.4 is 8.97 Å². The van der Waals surface area contributed by atoms with Gasteiger partial charge >= 0.3 is 11.9 Å². The maximum atomic E-state index is 12.2. The summed E-state index contributed by atoms with van der Waals surface area (Å²) in [6.07, 6.45) is 0. The molecule has 5 aromatic carbocycles. The van der Waals surface area contributed by atoms with Crippen LogP contribution in [0.15, 0.2) is 109 Å². The van der Waals surface area contributed by atoms with Gasteiger partial charge in [-0.15, -0.1) is 0 Å². The van der Waals surface area contributed by atoms with Crippen LogP contribution >= 0.6 is 0 Å².